The van der Waals surface area contributed by atoms with Crippen LogP contribution >= 0.6 is 0 Å². The summed E-state index contributed by atoms with van der Waals surface area (Å²) in [5.74, 6) is 2.20. The molecule has 0 unspecified atom stereocenters. The van der Waals surface area contributed by atoms with Gasteiger partial charge in [-0.2, -0.15) is 0 Å². The van der Waals surface area contributed by atoms with E-state index in [1.54, 1.807) is 0 Å². The number of nitrogens with zero attached hydrogens (tertiary/aromatic N) is 1. The Morgan fingerprint density at radius 1 is 1.43 bits per heavy atom. The number of hydrogen-bond acceptors (Lipinski definition) is 2. The molecule has 0 aliphatic carbocycles. The number of carbonyl (C=O) groups excluding carboxylic acids is 1. The molecule has 0 saturated carbocycles. The van der Waals surface area contributed by atoms with Gasteiger partial charge in [0, 0.05) is 26.2 Å². The predicted octanol–water partition coefficient (Wildman–Crippen LogP) is 0.710. The van der Waals surface area contributed by atoms with E-state index in [9.17, 15) is 4.79 Å². The van der Waals surface area contributed by atoms with Crippen LogP contribution in [0.3, 0.4) is 0 Å². The molecule has 0 aromatic carbocycles. The van der Waals surface area contributed by atoms with Crippen LogP contribution in [-0.2, 0) is 4.79 Å². The largest absolute Gasteiger partial charge is 0.342 e. The van der Waals surface area contributed by atoms with Crippen molar-refractivity contribution in [3.05, 3.63) is 0 Å². The maximum atomic E-state index is 11.7. The molecule has 0 bridgehead atoms. The van der Waals surface area contributed by atoms with Gasteiger partial charge in [0.2, 0.25) is 5.91 Å². The van der Waals surface area contributed by atoms with Crippen LogP contribution in [-0.4, -0.2) is 37.0 Å². The van der Waals surface area contributed by atoms with Crippen LogP contribution in [0, 0.1) is 17.8 Å². The molecule has 0 atom stereocenters. The first kappa shape index (κ1) is 9.97. The van der Waals surface area contributed by atoms with E-state index in [1.807, 2.05) is 4.90 Å². The highest BCUT2D eigenvalue weighted by Crippen LogP contribution is 2.25. The topological polar surface area (TPSA) is 32.3 Å². The minimum absolute atomic E-state index is 0.287. The monoisotopic (exact) mass is 196 g/mol. The van der Waals surface area contributed by atoms with Crippen LogP contribution in [0.15, 0.2) is 0 Å². The maximum absolute atomic E-state index is 11.7. The zero-order valence-corrected chi connectivity index (χ0v) is 9.12. The summed E-state index contributed by atoms with van der Waals surface area (Å²) in [6.45, 7) is 8.30. The third-order valence-electron chi connectivity index (χ3n) is 3.20. The maximum Gasteiger partial charge on any atom is 0.228 e. The van der Waals surface area contributed by atoms with Gasteiger partial charge in [-0.15, -0.1) is 0 Å². The van der Waals surface area contributed by atoms with Gasteiger partial charge in [-0.25, -0.2) is 0 Å². The van der Waals surface area contributed by atoms with E-state index < -0.39 is 0 Å². The standard InChI is InChI=1S/C11H20N2O/c1-8(2)3-9-6-13(7-9)11(14)10-4-12-5-10/h8-10,12H,3-7H2,1-2H3. The molecule has 2 aliphatic heterocycles. The lowest BCUT2D eigenvalue weighted by molar-refractivity contribution is -0.144. The van der Waals surface area contributed by atoms with Crippen molar-refractivity contribution in [2.75, 3.05) is 26.2 Å². The number of likely N-dealkylation sites (tertiary alicyclic amines) is 1. The van der Waals surface area contributed by atoms with Crippen molar-refractivity contribution in [3.63, 3.8) is 0 Å². The first-order valence-electron chi connectivity index (χ1n) is 5.66. The lowest BCUT2D eigenvalue weighted by Crippen LogP contribution is -2.58. The Hall–Kier alpha value is -0.570. The summed E-state index contributed by atoms with van der Waals surface area (Å²) in [6, 6.07) is 0. The summed E-state index contributed by atoms with van der Waals surface area (Å²) < 4.78 is 0. The van der Waals surface area contributed by atoms with Gasteiger partial charge in [-0.3, -0.25) is 4.79 Å². The molecule has 2 fully saturated rings. The Labute approximate surface area is 85.8 Å². The van der Waals surface area contributed by atoms with Gasteiger partial charge in [-0.05, 0) is 18.3 Å². The highest BCUT2D eigenvalue weighted by Gasteiger charge is 2.36. The number of nitrogens with one attached hydrogen (secondary N) is 1. The summed E-state index contributed by atoms with van der Waals surface area (Å²) in [7, 11) is 0. The van der Waals surface area contributed by atoms with Gasteiger partial charge < -0.3 is 10.2 Å². The van der Waals surface area contributed by atoms with E-state index in [2.05, 4.69) is 19.2 Å². The number of hydrogen-bond donors (Lipinski definition) is 1. The van der Waals surface area contributed by atoms with E-state index in [4.69, 9.17) is 0 Å². The summed E-state index contributed by atoms with van der Waals surface area (Å²) in [5, 5.41) is 3.14. The van der Waals surface area contributed by atoms with Crippen molar-refractivity contribution in [1.29, 1.82) is 0 Å². The smallest absolute Gasteiger partial charge is 0.228 e. The van der Waals surface area contributed by atoms with Crippen molar-refractivity contribution >= 4 is 5.91 Å². The SMILES string of the molecule is CC(C)CC1CN(C(=O)C2CNC2)C1. The van der Waals surface area contributed by atoms with E-state index >= 15 is 0 Å². The summed E-state index contributed by atoms with van der Waals surface area (Å²) in [5.41, 5.74) is 0. The molecule has 2 saturated heterocycles. The second-order valence-electron chi connectivity index (χ2n) is 5.09. The Balaban J connectivity index is 1.69. The molecule has 2 aliphatic rings. The van der Waals surface area contributed by atoms with Gasteiger partial charge in [0.05, 0.1) is 5.92 Å². The predicted molar refractivity (Wildman–Crippen MR) is 55.9 cm³/mol. The van der Waals surface area contributed by atoms with E-state index in [1.165, 1.54) is 6.42 Å². The van der Waals surface area contributed by atoms with Crippen molar-refractivity contribution in [2.45, 2.75) is 20.3 Å². The second-order valence-corrected chi connectivity index (χ2v) is 5.09. The highest BCUT2D eigenvalue weighted by molar-refractivity contribution is 5.80. The molecule has 0 spiro atoms. The normalized spacial score (nSPS) is 23.5. The minimum Gasteiger partial charge on any atom is -0.342 e. The van der Waals surface area contributed by atoms with Crippen molar-refractivity contribution < 1.29 is 4.79 Å². The molecule has 0 aromatic heterocycles. The summed E-state index contributed by atoms with van der Waals surface area (Å²) >= 11 is 0. The molecule has 0 radical (unpaired) electrons. The summed E-state index contributed by atoms with van der Waals surface area (Å²) in [6.07, 6.45) is 1.27. The Morgan fingerprint density at radius 2 is 2.07 bits per heavy atom. The number of amides is 1. The average molecular weight is 196 g/mol. The van der Waals surface area contributed by atoms with Crippen LogP contribution in [0.1, 0.15) is 20.3 Å². The molecule has 1 amide bonds. The van der Waals surface area contributed by atoms with Gasteiger partial charge in [0.1, 0.15) is 0 Å². The fraction of sp³-hybridized carbons (Fsp3) is 0.909. The first-order valence-corrected chi connectivity index (χ1v) is 5.66. The number of carbonyl (C=O) groups is 1. The third kappa shape index (κ3) is 1.92. The van der Waals surface area contributed by atoms with Crippen molar-refractivity contribution in [3.8, 4) is 0 Å². The average Bonchev–Trinajstić information content (AvgIpc) is 1.91. The molecule has 1 N–H and O–H groups in total. The van der Waals surface area contributed by atoms with E-state index in [0.717, 1.165) is 38.0 Å². The van der Waals surface area contributed by atoms with Crippen LogP contribution in [0.2, 0.25) is 0 Å². The Kier molecular flexibility index (Phi) is 2.77. The van der Waals surface area contributed by atoms with Crippen molar-refractivity contribution in [1.82, 2.24) is 10.2 Å². The number of rotatable bonds is 3. The first-order chi connectivity index (χ1) is 6.66. The van der Waals surface area contributed by atoms with Gasteiger partial charge >= 0.3 is 0 Å². The fourth-order valence-corrected chi connectivity index (χ4v) is 2.29. The Morgan fingerprint density at radius 3 is 2.50 bits per heavy atom. The van der Waals surface area contributed by atoms with Crippen molar-refractivity contribution in [2.24, 2.45) is 17.8 Å². The quantitative estimate of drug-likeness (QED) is 0.721. The lowest BCUT2D eigenvalue weighted by Gasteiger charge is -2.43. The van der Waals surface area contributed by atoms with Crippen LogP contribution < -0.4 is 5.32 Å². The van der Waals surface area contributed by atoms with Gasteiger partial charge in [0.25, 0.3) is 0 Å². The molecule has 0 aromatic rings. The lowest BCUT2D eigenvalue weighted by atomic mass is 9.88. The Bertz CT molecular complexity index is 217. The van der Waals surface area contributed by atoms with Crippen LogP contribution in [0.5, 0.6) is 0 Å². The van der Waals surface area contributed by atoms with Crippen LogP contribution in [0.25, 0.3) is 0 Å². The third-order valence-corrected chi connectivity index (χ3v) is 3.20. The van der Waals surface area contributed by atoms with Crippen LogP contribution in [0.4, 0.5) is 0 Å². The second kappa shape index (κ2) is 3.89. The molecule has 80 valence electrons. The van der Waals surface area contributed by atoms with Gasteiger partial charge in [0.15, 0.2) is 0 Å². The molecule has 3 heteroatoms. The summed E-state index contributed by atoms with van der Waals surface area (Å²) in [4.78, 5) is 13.8. The highest BCUT2D eigenvalue weighted by atomic mass is 16.2. The zero-order chi connectivity index (χ0) is 10.1. The minimum atomic E-state index is 0.287. The van der Waals surface area contributed by atoms with E-state index in [0.29, 0.717) is 5.91 Å². The molecule has 2 rings (SSSR count). The molecule has 2 heterocycles. The molecular formula is C11H20N2O. The van der Waals surface area contributed by atoms with Gasteiger partial charge in [-0.1, -0.05) is 13.8 Å². The van der Waals surface area contributed by atoms with E-state index in [-0.39, 0.29) is 5.92 Å². The molecule has 3 nitrogen and oxygen atoms in total. The zero-order valence-electron chi connectivity index (χ0n) is 9.12. The molecular weight excluding hydrogens is 176 g/mol. The fourth-order valence-electron chi connectivity index (χ4n) is 2.29. The molecule has 14 heavy (non-hydrogen) atoms.